The molecule has 1 amide bonds. The summed E-state index contributed by atoms with van der Waals surface area (Å²) >= 11 is 6.81. The fourth-order valence-electron chi connectivity index (χ4n) is 2.86. The number of nitrogens with zero attached hydrogens (tertiary/aromatic N) is 1. The molecule has 1 aromatic carbocycles. The number of benzene rings is 1. The Morgan fingerprint density at radius 2 is 2.12 bits per heavy atom. The third-order valence-corrected chi connectivity index (χ3v) is 5.52. The molecule has 2 aromatic rings. The van der Waals surface area contributed by atoms with Gasteiger partial charge < -0.3 is 5.32 Å². The van der Waals surface area contributed by atoms with E-state index in [2.05, 4.69) is 23.6 Å². The van der Waals surface area contributed by atoms with Crippen molar-refractivity contribution in [3.63, 3.8) is 0 Å². The molecule has 0 saturated heterocycles. The summed E-state index contributed by atoms with van der Waals surface area (Å²) in [5.41, 5.74) is 2.35. The number of thiocarbonyl (C=S) groups is 1. The predicted octanol–water partition coefficient (Wildman–Crippen LogP) is 3.87. The molecule has 4 nitrogen and oxygen atoms in total. The van der Waals surface area contributed by atoms with E-state index in [1.54, 1.807) is 35.6 Å². The number of thiophene rings is 1. The number of anilines is 1. The minimum Gasteiger partial charge on any atom is -0.323 e. The van der Waals surface area contributed by atoms with Crippen molar-refractivity contribution in [3.05, 3.63) is 51.9 Å². The number of rotatable bonds is 2. The molecule has 1 aliphatic carbocycles. The maximum Gasteiger partial charge on any atom is 0.257 e. The lowest BCUT2D eigenvalue weighted by molar-refractivity contribution is 0.0977. The summed E-state index contributed by atoms with van der Waals surface area (Å²) in [4.78, 5) is 13.4. The Morgan fingerprint density at radius 1 is 1.38 bits per heavy atom. The summed E-state index contributed by atoms with van der Waals surface area (Å²) < 4.78 is 0. The molecule has 2 N–H and O–H groups in total. The van der Waals surface area contributed by atoms with E-state index < -0.39 is 0 Å². The molecule has 0 aliphatic heterocycles. The molecule has 0 radical (unpaired) electrons. The average Bonchev–Trinajstić information content (AvgIpc) is 2.91. The van der Waals surface area contributed by atoms with Crippen molar-refractivity contribution in [2.45, 2.75) is 26.2 Å². The summed E-state index contributed by atoms with van der Waals surface area (Å²) in [5.74, 6) is 0.332. The van der Waals surface area contributed by atoms with E-state index in [-0.39, 0.29) is 11.0 Å². The number of hydrogen-bond donors (Lipinski definition) is 2. The molecule has 122 valence electrons. The Bertz CT molecular complexity index is 821. The van der Waals surface area contributed by atoms with Crippen LogP contribution in [-0.4, -0.2) is 11.0 Å². The van der Waals surface area contributed by atoms with Crippen LogP contribution < -0.4 is 10.6 Å². The molecule has 1 heterocycles. The highest BCUT2D eigenvalue weighted by Gasteiger charge is 2.24. The van der Waals surface area contributed by atoms with Gasteiger partial charge in [0.05, 0.1) is 5.56 Å². The van der Waals surface area contributed by atoms with Crippen LogP contribution in [0, 0.1) is 17.2 Å². The molecule has 24 heavy (non-hydrogen) atoms. The van der Waals surface area contributed by atoms with Crippen LogP contribution in [0.25, 0.3) is 0 Å². The Morgan fingerprint density at radius 3 is 2.83 bits per heavy atom. The fraction of sp³-hybridized carbons (Fsp3) is 0.278. The molecule has 1 aliphatic rings. The number of carbonyl (C=O) groups excluding carboxylic acids is 1. The zero-order chi connectivity index (χ0) is 17.1. The van der Waals surface area contributed by atoms with Crippen molar-refractivity contribution in [2.24, 2.45) is 5.92 Å². The van der Waals surface area contributed by atoms with Crippen LogP contribution in [0.15, 0.2) is 30.3 Å². The van der Waals surface area contributed by atoms with Gasteiger partial charge in [0.1, 0.15) is 11.1 Å². The van der Waals surface area contributed by atoms with Crippen LogP contribution >= 0.6 is 23.6 Å². The molecular formula is C18H17N3OS2. The van der Waals surface area contributed by atoms with Crippen LogP contribution in [-0.2, 0) is 12.8 Å². The topological polar surface area (TPSA) is 64.9 Å². The number of amides is 1. The SMILES string of the molecule is C[C@@H]1CCc2sc(NC(=S)NC(=O)c3ccccc3)c(C#N)c2C1. The van der Waals surface area contributed by atoms with E-state index in [1.165, 1.54) is 4.88 Å². The van der Waals surface area contributed by atoms with Crippen molar-refractivity contribution in [2.75, 3.05) is 5.32 Å². The van der Waals surface area contributed by atoms with Crippen LogP contribution in [0.1, 0.15) is 39.7 Å². The van der Waals surface area contributed by atoms with Crippen LogP contribution in [0.5, 0.6) is 0 Å². The summed E-state index contributed by atoms with van der Waals surface area (Å²) in [6, 6.07) is 11.2. The number of nitrogens with one attached hydrogen (secondary N) is 2. The predicted molar refractivity (Wildman–Crippen MR) is 100 cm³/mol. The second kappa shape index (κ2) is 7.12. The smallest absolute Gasteiger partial charge is 0.257 e. The van der Waals surface area contributed by atoms with Gasteiger partial charge in [0, 0.05) is 10.4 Å². The van der Waals surface area contributed by atoms with E-state index in [1.807, 2.05) is 6.07 Å². The lowest BCUT2D eigenvalue weighted by atomic mass is 9.88. The van der Waals surface area contributed by atoms with Gasteiger partial charge in [-0.05, 0) is 55.1 Å². The van der Waals surface area contributed by atoms with E-state index >= 15 is 0 Å². The zero-order valence-electron chi connectivity index (χ0n) is 13.3. The molecule has 0 saturated carbocycles. The standard InChI is InChI=1S/C18H17N3OS2/c1-11-7-8-15-13(9-11)14(10-19)17(24-15)21-18(23)20-16(22)12-5-3-2-4-6-12/h2-6,11H,7-9H2,1H3,(H2,20,21,22,23)/t11-/m1/s1. The summed E-state index contributed by atoms with van der Waals surface area (Å²) in [6.45, 7) is 2.21. The Kier molecular flexibility index (Phi) is 4.93. The number of aryl methyl sites for hydroxylation is 1. The van der Waals surface area contributed by atoms with Crippen LogP contribution in [0.4, 0.5) is 5.00 Å². The second-order valence-corrected chi connectivity index (χ2v) is 7.46. The Hall–Kier alpha value is -2.23. The molecule has 3 rings (SSSR count). The van der Waals surface area contributed by atoms with Crippen LogP contribution in [0.2, 0.25) is 0 Å². The van der Waals surface area contributed by atoms with E-state index in [0.717, 1.165) is 29.8 Å². The normalized spacial score (nSPS) is 15.9. The molecule has 0 spiro atoms. The average molecular weight is 355 g/mol. The monoisotopic (exact) mass is 355 g/mol. The van der Waals surface area contributed by atoms with Crippen molar-refractivity contribution >= 4 is 39.6 Å². The van der Waals surface area contributed by atoms with Gasteiger partial charge in [-0.3, -0.25) is 10.1 Å². The number of nitriles is 1. The summed E-state index contributed by atoms with van der Waals surface area (Å²) in [7, 11) is 0. The van der Waals surface area contributed by atoms with Gasteiger partial charge in [-0.1, -0.05) is 25.1 Å². The van der Waals surface area contributed by atoms with Gasteiger partial charge in [0.15, 0.2) is 5.11 Å². The molecule has 1 atom stereocenters. The Labute approximate surface area is 150 Å². The fourth-order valence-corrected chi connectivity index (χ4v) is 4.32. The van der Waals surface area contributed by atoms with Gasteiger partial charge in [-0.25, -0.2) is 0 Å². The van der Waals surface area contributed by atoms with Gasteiger partial charge in [0.2, 0.25) is 0 Å². The van der Waals surface area contributed by atoms with Gasteiger partial charge in [0.25, 0.3) is 5.91 Å². The van der Waals surface area contributed by atoms with Crippen molar-refractivity contribution in [1.82, 2.24) is 5.32 Å². The quantitative estimate of drug-likeness (QED) is 0.803. The molecular weight excluding hydrogens is 338 g/mol. The molecule has 0 fully saturated rings. The Balaban J connectivity index is 1.73. The maximum absolute atomic E-state index is 12.1. The second-order valence-electron chi connectivity index (χ2n) is 5.94. The summed E-state index contributed by atoms with van der Waals surface area (Å²) in [6.07, 6.45) is 3.08. The first-order valence-corrected chi connectivity index (χ1v) is 9.03. The van der Waals surface area contributed by atoms with E-state index in [4.69, 9.17) is 12.2 Å². The van der Waals surface area contributed by atoms with Gasteiger partial charge >= 0.3 is 0 Å². The highest BCUT2D eigenvalue weighted by molar-refractivity contribution is 7.80. The third kappa shape index (κ3) is 3.48. The van der Waals surface area contributed by atoms with E-state index in [9.17, 15) is 10.1 Å². The summed E-state index contributed by atoms with van der Waals surface area (Å²) in [5, 5.41) is 16.1. The van der Waals surface area contributed by atoms with Gasteiger partial charge in [-0.15, -0.1) is 11.3 Å². The highest BCUT2D eigenvalue weighted by Crippen LogP contribution is 2.39. The number of fused-ring (bicyclic) bond motifs is 1. The van der Waals surface area contributed by atoms with Crippen LogP contribution in [0.3, 0.4) is 0 Å². The first-order valence-electron chi connectivity index (χ1n) is 7.80. The van der Waals surface area contributed by atoms with E-state index in [0.29, 0.717) is 17.0 Å². The minimum absolute atomic E-state index is 0.215. The molecule has 0 bridgehead atoms. The first-order chi connectivity index (χ1) is 11.6. The highest BCUT2D eigenvalue weighted by atomic mass is 32.1. The number of hydrogen-bond acceptors (Lipinski definition) is 4. The van der Waals surface area contributed by atoms with Gasteiger partial charge in [-0.2, -0.15) is 5.26 Å². The molecule has 0 unspecified atom stereocenters. The largest absolute Gasteiger partial charge is 0.323 e. The molecule has 6 heteroatoms. The maximum atomic E-state index is 12.1. The third-order valence-electron chi connectivity index (χ3n) is 4.11. The number of carbonyl (C=O) groups is 1. The lowest BCUT2D eigenvalue weighted by Crippen LogP contribution is -2.34. The minimum atomic E-state index is -0.262. The van der Waals surface area contributed by atoms with Crippen molar-refractivity contribution in [3.8, 4) is 6.07 Å². The zero-order valence-corrected chi connectivity index (χ0v) is 14.9. The van der Waals surface area contributed by atoms with Crippen molar-refractivity contribution in [1.29, 1.82) is 5.26 Å². The molecule has 1 aromatic heterocycles. The first kappa shape index (κ1) is 16.6. The van der Waals surface area contributed by atoms with Crippen molar-refractivity contribution < 1.29 is 4.79 Å². The lowest BCUT2D eigenvalue weighted by Gasteiger charge is -2.17.